The molecule has 1 aromatic heterocycles. The van der Waals surface area contributed by atoms with Crippen molar-refractivity contribution in [2.75, 3.05) is 12.4 Å². The van der Waals surface area contributed by atoms with Crippen LogP contribution in [0.25, 0.3) is 0 Å². The van der Waals surface area contributed by atoms with E-state index in [1.165, 1.54) is 12.1 Å². The first kappa shape index (κ1) is 16.6. The number of aryl methyl sites for hydroxylation is 1. The minimum atomic E-state index is -0.441. The van der Waals surface area contributed by atoms with E-state index in [4.69, 9.17) is 4.74 Å². The summed E-state index contributed by atoms with van der Waals surface area (Å²) in [4.78, 5) is 15.6. The van der Waals surface area contributed by atoms with Gasteiger partial charge in [0.15, 0.2) is 0 Å². The Hall–Kier alpha value is -3.22. The third kappa shape index (κ3) is 4.00. The molecule has 7 heteroatoms. The van der Waals surface area contributed by atoms with Crippen LogP contribution in [0.15, 0.2) is 53.5 Å². The topological polar surface area (TPSA) is 69.0 Å². The van der Waals surface area contributed by atoms with Crippen LogP contribution >= 0.6 is 0 Å². The van der Waals surface area contributed by atoms with E-state index in [9.17, 15) is 9.18 Å². The summed E-state index contributed by atoms with van der Waals surface area (Å²) in [5, 5.41) is 7.24. The molecule has 0 amide bonds. The Bertz CT molecular complexity index is 939. The molecule has 0 aliphatic heterocycles. The van der Waals surface area contributed by atoms with Gasteiger partial charge in [0.25, 0.3) is 5.56 Å². The molecule has 0 spiro atoms. The van der Waals surface area contributed by atoms with Crippen LogP contribution in [-0.2, 0) is 6.54 Å². The molecule has 0 aliphatic carbocycles. The van der Waals surface area contributed by atoms with E-state index in [0.717, 1.165) is 28.8 Å². The number of hydrogen-bond donors (Lipinski definition) is 1. The molecule has 0 unspecified atom stereocenters. The maximum atomic E-state index is 13.1. The minimum Gasteiger partial charge on any atom is -0.497 e. The van der Waals surface area contributed by atoms with Crippen molar-refractivity contribution >= 4 is 11.6 Å². The van der Waals surface area contributed by atoms with Gasteiger partial charge in [-0.3, -0.25) is 4.79 Å². The van der Waals surface area contributed by atoms with Gasteiger partial charge in [0.2, 0.25) is 5.95 Å². The van der Waals surface area contributed by atoms with E-state index >= 15 is 0 Å². The number of benzene rings is 2. The molecule has 3 rings (SSSR count). The molecule has 0 fully saturated rings. The van der Waals surface area contributed by atoms with E-state index in [1.54, 1.807) is 23.9 Å². The zero-order chi connectivity index (χ0) is 17.8. The van der Waals surface area contributed by atoms with Gasteiger partial charge in [-0.15, -0.1) is 0 Å². The molecule has 0 saturated carbocycles. The third-order valence-corrected chi connectivity index (χ3v) is 3.69. The van der Waals surface area contributed by atoms with Crippen molar-refractivity contribution in [2.24, 2.45) is 0 Å². The van der Waals surface area contributed by atoms with Gasteiger partial charge in [-0.1, -0.05) is 12.1 Å². The lowest BCUT2D eigenvalue weighted by Gasteiger charge is -2.14. The molecular formula is C18H17FN4O2. The highest BCUT2D eigenvalue weighted by Crippen LogP contribution is 2.23. The van der Waals surface area contributed by atoms with Crippen molar-refractivity contribution in [3.8, 4) is 5.75 Å². The van der Waals surface area contributed by atoms with E-state index in [0.29, 0.717) is 12.5 Å². The smallest absolute Gasteiger partial charge is 0.293 e. The Morgan fingerprint density at radius 1 is 1.20 bits per heavy atom. The van der Waals surface area contributed by atoms with Gasteiger partial charge in [0, 0.05) is 5.69 Å². The first-order chi connectivity index (χ1) is 12.0. The predicted octanol–water partition coefficient (Wildman–Crippen LogP) is 2.89. The largest absolute Gasteiger partial charge is 0.497 e. The summed E-state index contributed by atoms with van der Waals surface area (Å²) in [5.74, 6) is 0.748. The SMILES string of the molecule is COc1ccc(Nc2nc(=O)cnn2Cc2ccc(F)cc2)c(C)c1. The number of methoxy groups -OCH3 is 1. The van der Waals surface area contributed by atoms with Crippen LogP contribution in [0.5, 0.6) is 5.75 Å². The van der Waals surface area contributed by atoms with Crippen LogP contribution in [0, 0.1) is 12.7 Å². The predicted molar refractivity (Wildman–Crippen MR) is 92.8 cm³/mol. The average molecular weight is 340 g/mol. The molecule has 0 bridgehead atoms. The average Bonchev–Trinajstić information content (AvgIpc) is 2.61. The van der Waals surface area contributed by atoms with Gasteiger partial charge in [-0.2, -0.15) is 10.1 Å². The second kappa shape index (κ2) is 7.12. The first-order valence-electron chi connectivity index (χ1n) is 7.65. The monoisotopic (exact) mass is 340 g/mol. The number of nitrogens with one attached hydrogen (secondary N) is 1. The second-order valence-electron chi connectivity index (χ2n) is 5.51. The fraction of sp³-hybridized carbons (Fsp3) is 0.167. The van der Waals surface area contributed by atoms with Crippen molar-refractivity contribution < 1.29 is 9.13 Å². The molecule has 25 heavy (non-hydrogen) atoms. The van der Waals surface area contributed by atoms with E-state index in [-0.39, 0.29) is 5.82 Å². The Kier molecular flexibility index (Phi) is 4.74. The summed E-state index contributed by atoms with van der Waals surface area (Å²) >= 11 is 0. The molecule has 1 heterocycles. The normalized spacial score (nSPS) is 10.5. The van der Waals surface area contributed by atoms with Gasteiger partial charge in [-0.05, 0) is 48.4 Å². The van der Waals surface area contributed by atoms with Crippen LogP contribution in [0.3, 0.4) is 0 Å². The third-order valence-electron chi connectivity index (χ3n) is 3.69. The van der Waals surface area contributed by atoms with Crippen LogP contribution < -0.4 is 15.6 Å². The van der Waals surface area contributed by atoms with E-state index in [1.807, 2.05) is 25.1 Å². The van der Waals surface area contributed by atoms with Gasteiger partial charge >= 0.3 is 0 Å². The summed E-state index contributed by atoms with van der Waals surface area (Å²) in [6.07, 6.45) is 1.15. The fourth-order valence-electron chi connectivity index (χ4n) is 2.36. The Balaban J connectivity index is 1.91. The van der Waals surface area contributed by atoms with Crippen molar-refractivity contribution in [1.29, 1.82) is 0 Å². The fourth-order valence-corrected chi connectivity index (χ4v) is 2.36. The minimum absolute atomic E-state index is 0.304. The number of halogens is 1. The van der Waals surface area contributed by atoms with Gasteiger partial charge in [-0.25, -0.2) is 9.07 Å². The number of anilines is 2. The summed E-state index contributed by atoms with van der Waals surface area (Å²) in [6, 6.07) is 11.6. The molecule has 6 nitrogen and oxygen atoms in total. The van der Waals surface area contributed by atoms with Crippen molar-refractivity contribution in [3.05, 3.63) is 76.0 Å². The van der Waals surface area contributed by atoms with Crippen LogP contribution in [0.2, 0.25) is 0 Å². The van der Waals surface area contributed by atoms with Gasteiger partial charge in [0.05, 0.1) is 13.7 Å². The highest BCUT2D eigenvalue weighted by atomic mass is 19.1. The maximum Gasteiger partial charge on any atom is 0.293 e. The quantitative estimate of drug-likeness (QED) is 0.773. The highest BCUT2D eigenvalue weighted by molar-refractivity contribution is 5.59. The molecule has 0 radical (unpaired) electrons. The maximum absolute atomic E-state index is 13.1. The number of rotatable bonds is 5. The summed E-state index contributed by atoms with van der Waals surface area (Å²) in [7, 11) is 1.60. The van der Waals surface area contributed by atoms with E-state index < -0.39 is 5.56 Å². The molecule has 0 atom stereocenters. The molecule has 2 aromatic carbocycles. The Labute approximate surface area is 143 Å². The van der Waals surface area contributed by atoms with Crippen molar-refractivity contribution in [3.63, 3.8) is 0 Å². The number of hydrogen-bond acceptors (Lipinski definition) is 5. The van der Waals surface area contributed by atoms with Gasteiger partial charge in [0.1, 0.15) is 17.8 Å². The first-order valence-corrected chi connectivity index (χ1v) is 7.65. The lowest BCUT2D eigenvalue weighted by atomic mass is 10.2. The van der Waals surface area contributed by atoms with E-state index in [2.05, 4.69) is 15.4 Å². The van der Waals surface area contributed by atoms with Crippen molar-refractivity contribution in [2.45, 2.75) is 13.5 Å². The summed E-state index contributed by atoms with van der Waals surface area (Å²) in [6.45, 7) is 2.27. The zero-order valence-electron chi connectivity index (χ0n) is 13.9. The Morgan fingerprint density at radius 3 is 2.64 bits per heavy atom. The number of aromatic nitrogens is 3. The molecule has 3 aromatic rings. The highest BCUT2D eigenvalue weighted by Gasteiger charge is 2.08. The molecule has 0 saturated heterocycles. The second-order valence-corrected chi connectivity index (χ2v) is 5.51. The molecular weight excluding hydrogens is 323 g/mol. The van der Waals surface area contributed by atoms with Gasteiger partial charge < -0.3 is 10.1 Å². The number of ether oxygens (including phenoxy) is 1. The lowest BCUT2D eigenvalue weighted by molar-refractivity contribution is 0.414. The van der Waals surface area contributed by atoms with Crippen LogP contribution in [0.4, 0.5) is 16.0 Å². The summed E-state index contributed by atoms with van der Waals surface area (Å²) < 4.78 is 19.8. The molecule has 1 N–H and O–H groups in total. The lowest BCUT2D eigenvalue weighted by Crippen LogP contribution is -2.19. The zero-order valence-corrected chi connectivity index (χ0v) is 13.9. The van der Waals surface area contributed by atoms with Crippen molar-refractivity contribution in [1.82, 2.24) is 14.8 Å². The molecule has 0 aliphatic rings. The standard InChI is InChI=1S/C18H17FN4O2/c1-12-9-15(25-2)7-8-16(12)21-18-22-17(24)10-20-23(18)11-13-3-5-14(19)6-4-13/h3-10H,11H2,1-2H3,(H,21,22,24). The Morgan fingerprint density at radius 2 is 1.96 bits per heavy atom. The number of nitrogens with zero attached hydrogens (tertiary/aromatic N) is 3. The summed E-state index contributed by atoms with van der Waals surface area (Å²) in [5.41, 5.74) is 2.12. The van der Waals surface area contributed by atoms with Crippen LogP contribution in [0.1, 0.15) is 11.1 Å². The van der Waals surface area contributed by atoms with Crippen LogP contribution in [-0.4, -0.2) is 21.9 Å². The molecule has 128 valence electrons.